The maximum Gasteiger partial charge on any atom is 0.254 e. The molecule has 1 aromatic carbocycles. The Labute approximate surface area is 197 Å². The summed E-state index contributed by atoms with van der Waals surface area (Å²) in [4.78, 5) is 2.36. The fourth-order valence-corrected chi connectivity index (χ4v) is 6.03. The van der Waals surface area contributed by atoms with Crippen molar-refractivity contribution in [2.24, 2.45) is 5.92 Å². The van der Waals surface area contributed by atoms with Crippen LogP contribution in [0, 0.1) is 5.92 Å². The summed E-state index contributed by atoms with van der Waals surface area (Å²) in [6.45, 7) is 7.48. The number of piperidine rings is 1. The molecule has 0 aromatic heterocycles. The maximum atomic E-state index is 14.1. The van der Waals surface area contributed by atoms with Crippen LogP contribution in [-0.2, 0) is 11.2 Å². The van der Waals surface area contributed by atoms with Crippen LogP contribution in [0.15, 0.2) is 10.5 Å². The molecule has 1 saturated heterocycles. The first kappa shape index (κ1) is 24.2. The van der Waals surface area contributed by atoms with E-state index < -0.39 is 17.9 Å². The van der Waals surface area contributed by atoms with Crippen LogP contribution in [0.25, 0.3) is 0 Å². The van der Waals surface area contributed by atoms with Gasteiger partial charge < -0.3 is 19.3 Å². The van der Waals surface area contributed by atoms with Gasteiger partial charge in [0.15, 0.2) is 11.5 Å². The van der Waals surface area contributed by atoms with E-state index in [0.717, 1.165) is 28.6 Å². The average molecular weight is 518 g/mol. The molecule has 4 atom stereocenters. The number of hydrogen-bond donors (Lipinski definition) is 1. The fourth-order valence-electron chi connectivity index (χ4n) is 5.30. The molecule has 1 aromatic rings. The number of rotatable bonds is 5. The normalized spacial score (nSPS) is 30.0. The van der Waals surface area contributed by atoms with Crippen LogP contribution in [0.3, 0.4) is 0 Å². The van der Waals surface area contributed by atoms with Gasteiger partial charge in [0.2, 0.25) is 0 Å². The Morgan fingerprint density at radius 2 is 2.06 bits per heavy atom. The van der Waals surface area contributed by atoms with Gasteiger partial charge in [-0.05, 0) is 79.6 Å². The first-order valence-corrected chi connectivity index (χ1v) is 12.3. The van der Waals surface area contributed by atoms with E-state index in [4.69, 9.17) is 14.2 Å². The van der Waals surface area contributed by atoms with E-state index in [2.05, 4.69) is 20.8 Å². The molecule has 2 aliphatic heterocycles. The second kappa shape index (κ2) is 9.01. The Morgan fingerprint density at radius 3 is 2.69 bits per heavy atom. The molecule has 1 unspecified atom stereocenters. The van der Waals surface area contributed by atoms with Gasteiger partial charge in [-0.25, -0.2) is 8.78 Å². The van der Waals surface area contributed by atoms with Crippen molar-refractivity contribution >= 4 is 15.9 Å². The number of aliphatic hydroxyl groups is 1. The minimum absolute atomic E-state index is 0.0269. The molecule has 1 aliphatic carbocycles. The number of aliphatic hydroxyl groups excluding tert-OH is 1. The van der Waals surface area contributed by atoms with E-state index in [9.17, 15) is 13.9 Å². The molecule has 0 amide bonds. The summed E-state index contributed by atoms with van der Waals surface area (Å²) in [6, 6.07) is 2.00. The van der Waals surface area contributed by atoms with Crippen LogP contribution in [0.4, 0.5) is 8.78 Å². The molecular formula is C24H34BrF2NO4. The molecule has 2 heterocycles. The van der Waals surface area contributed by atoms with Crippen LogP contribution >= 0.6 is 15.9 Å². The second-order valence-corrected chi connectivity index (χ2v) is 11.1. The predicted molar refractivity (Wildman–Crippen MR) is 122 cm³/mol. The zero-order chi connectivity index (χ0) is 23.3. The fraction of sp³-hybridized carbons (Fsp3) is 0.750. The highest BCUT2D eigenvalue weighted by molar-refractivity contribution is 9.10. The summed E-state index contributed by atoms with van der Waals surface area (Å²) < 4.78 is 46.5. The molecule has 0 radical (unpaired) electrons. The van der Waals surface area contributed by atoms with Crippen molar-refractivity contribution in [3.05, 3.63) is 21.7 Å². The minimum atomic E-state index is -2.67. The topological polar surface area (TPSA) is 51.2 Å². The SMILES string of the molecule is COc1cc2c(c(Br)c1OCC1CCCC1(F)F)CCN1C[C@@H](OC(C)(C)C)[C@H](O)C[C@H]21. The van der Waals surface area contributed by atoms with Crippen molar-refractivity contribution in [1.82, 2.24) is 4.90 Å². The molecule has 8 heteroatoms. The summed E-state index contributed by atoms with van der Waals surface area (Å²) in [7, 11) is 1.56. The summed E-state index contributed by atoms with van der Waals surface area (Å²) >= 11 is 3.68. The Bertz CT molecular complexity index is 844. The number of benzene rings is 1. The van der Waals surface area contributed by atoms with E-state index >= 15 is 0 Å². The number of methoxy groups -OCH3 is 1. The van der Waals surface area contributed by atoms with Crippen molar-refractivity contribution in [3.8, 4) is 11.5 Å². The first-order valence-electron chi connectivity index (χ1n) is 11.5. The van der Waals surface area contributed by atoms with Gasteiger partial charge in [-0.2, -0.15) is 0 Å². The zero-order valence-electron chi connectivity index (χ0n) is 19.3. The quantitative estimate of drug-likeness (QED) is 0.587. The Morgan fingerprint density at radius 1 is 1.31 bits per heavy atom. The highest BCUT2D eigenvalue weighted by Crippen LogP contribution is 2.48. The number of hydrogen-bond acceptors (Lipinski definition) is 5. The molecule has 5 nitrogen and oxygen atoms in total. The number of fused-ring (bicyclic) bond motifs is 3. The van der Waals surface area contributed by atoms with E-state index in [1.54, 1.807) is 7.11 Å². The van der Waals surface area contributed by atoms with E-state index in [0.29, 0.717) is 37.3 Å². The smallest absolute Gasteiger partial charge is 0.254 e. The van der Waals surface area contributed by atoms with Crippen molar-refractivity contribution < 1.29 is 28.1 Å². The molecule has 1 saturated carbocycles. The third-order valence-electron chi connectivity index (χ3n) is 6.89. The van der Waals surface area contributed by atoms with E-state index in [1.807, 2.05) is 26.8 Å². The number of halogens is 3. The lowest BCUT2D eigenvalue weighted by atomic mass is 9.84. The van der Waals surface area contributed by atoms with Crippen molar-refractivity contribution in [1.29, 1.82) is 0 Å². The lowest BCUT2D eigenvalue weighted by Crippen LogP contribution is -2.53. The van der Waals surface area contributed by atoms with Crippen molar-refractivity contribution in [2.75, 3.05) is 26.8 Å². The van der Waals surface area contributed by atoms with Gasteiger partial charge in [-0.1, -0.05) is 0 Å². The second-order valence-electron chi connectivity index (χ2n) is 10.3. The predicted octanol–water partition coefficient (Wildman–Crippen LogP) is 5.12. The highest BCUT2D eigenvalue weighted by atomic mass is 79.9. The summed E-state index contributed by atoms with van der Waals surface area (Å²) in [5, 5.41) is 10.8. The standard InChI is InChI=1S/C24H34BrF2NO4/c1-23(2,3)32-20-12-28-9-7-15-16(17(28)11-18(20)29)10-19(30-4)22(21(15)25)31-13-14-6-5-8-24(14,26)27/h10,14,17-18,20,29H,5-9,11-13H2,1-4H3/t14?,17-,18-,20-/m1/s1. The van der Waals surface area contributed by atoms with Gasteiger partial charge in [0.05, 0.1) is 41.9 Å². The van der Waals surface area contributed by atoms with Crippen molar-refractivity contribution in [3.63, 3.8) is 0 Å². The van der Waals surface area contributed by atoms with Crippen LogP contribution in [0.5, 0.6) is 11.5 Å². The Hall–Kier alpha value is -0.960. The van der Waals surface area contributed by atoms with Gasteiger partial charge in [0.1, 0.15) is 0 Å². The lowest BCUT2D eigenvalue weighted by molar-refractivity contribution is -0.149. The van der Waals surface area contributed by atoms with Gasteiger partial charge in [-0.15, -0.1) is 0 Å². The monoisotopic (exact) mass is 517 g/mol. The summed E-state index contributed by atoms with van der Waals surface area (Å²) in [5.74, 6) is -2.41. The summed E-state index contributed by atoms with van der Waals surface area (Å²) in [5.41, 5.74) is 1.87. The van der Waals surface area contributed by atoms with Crippen LogP contribution < -0.4 is 9.47 Å². The molecule has 2 fully saturated rings. The lowest BCUT2D eigenvalue weighted by Gasteiger charge is -2.47. The van der Waals surface area contributed by atoms with Gasteiger partial charge >= 0.3 is 0 Å². The molecule has 180 valence electrons. The molecule has 3 aliphatic rings. The molecule has 0 spiro atoms. The zero-order valence-corrected chi connectivity index (χ0v) is 20.9. The molecule has 0 bridgehead atoms. The largest absolute Gasteiger partial charge is 0.493 e. The molecule has 32 heavy (non-hydrogen) atoms. The van der Waals surface area contributed by atoms with Crippen LogP contribution in [0.1, 0.15) is 63.6 Å². The van der Waals surface area contributed by atoms with Crippen molar-refractivity contribution in [2.45, 2.75) is 82.6 Å². The van der Waals surface area contributed by atoms with Gasteiger partial charge in [-0.3, -0.25) is 4.90 Å². The molecule has 4 rings (SSSR count). The van der Waals surface area contributed by atoms with Crippen LogP contribution in [0.2, 0.25) is 0 Å². The maximum absolute atomic E-state index is 14.1. The third-order valence-corrected chi connectivity index (χ3v) is 7.73. The van der Waals surface area contributed by atoms with Gasteiger partial charge in [0, 0.05) is 25.6 Å². The first-order chi connectivity index (χ1) is 15.0. The Kier molecular flexibility index (Phi) is 6.80. The number of nitrogens with zero attached hydrogens (tertiary/aromatic N) is 1. The molecular weight excluding hydrogens is 484 g/mol. The van der Waals surface area contributed by atoms with Crippen LogP contribution in [-0.4, -0.2) is 60.5 Å². The average Bonchev–Trinajstić information content (AvgIpc) is 3.04. The molecule has 1 N–H and O–H groups in total. The highest BCUT2D eigenvalue weighted by Gasteiger charge is 2.45. The van der Waals surface area contributed by atoms with Gasteiger partial charge in [0.25, 0.3) is 5.92 Å². The Balaban J connectivity index is 1.56. The summed E-state index contributed by atoms with van der Waals surface area (Å²) in [6.07, 6.45) is 1.51. The van der Waals surface area contributed by atoms with E-state index in [-0.39, 0.29) is 30.8 Å². The minimum Gasteiger partial charge on any atom is -0.493 e. The third kappa shape index (κ3) is 4.79. The van der Waals surface area contributed by atoms with E-state index in [1.165, 1.54) is 0 Å². The number of ether oxygens (including phenoxy) is 3. The number of alkyl halides is 2.